The van der Waals surface area contributed by atoms with Gasteiger partial charge in [-0.15, -0.1) is 6.42 Å². The van der Waals surface area contributed by atoms with Crippen molar-refractivity contribution >= 4 is 0 Å². The van der Waals surface area contributed by atoms with Gasteiger partial charge in [-0.3, -0.25) is 0 Å². The number of nitriles is 1. The molecule has 3 nitrogen and oxygen atoms in total. The van der Waals surface area contributed by atoms with Gasteiger partial charge in [-0.1, -0.05) is 5.92 Å². The molecule has 1 heterocycles. The number of ether oxygens (including phenoxy) is 1. The van der Waals surface area contributed by atoms with Crippen molar-refractivity contribution < 1.29 is 4.74 Å². The van der Waals surface area contributed by atoms with Crippen molar-refractivity contribution in [3.05, 3.63) is 23.4 Å². The highest BCUT2D eigenvalue weighted by Gasteiger charge is 2.19. The Morgan fingerprint density at radius 3 is 2.73 bits per heavy atom. The third kappa shape index (κ3) is 2.48. The van der Waals surface area contributed by atoms with Gasteiger partial charge in [0.05, 0.1) is 0 Å². The van der Waals surface area contributed by atoms with E-state index in [-0.39, 0.29) is 0 Å². The van der Waals surface area contributed by atoms with Gasteiger partial charge in [-0.25, -0.2) is 4.98 Å². The molecule has 0 fully saturated rings. The molecule has 0 unspecified atom stereocenters. The Bertz CT molecular complexity index is 450. The van der Waals surface area contributed by atoms with Crippen molar-refractivity contribution in [3.63, 3.8) is 0 Å². The summed E-state index contributed by atoms with van der Waals surface area (Å²) < 4.78 is 5.48. The molecule has 0 aliphatic carbocycles. The number of nitrogens with zero attached hydrogens (tertiary/aromatic N) is 2. The van der Waals surface area contributed by atoms with Gasteiger partial charge in [-0.2, -0.15) is 5.26 Å². The molecule has 15 heavy (non-hydrogen) atoms. The minimum atomic E-state index is -0.758. The maximum absolute atomic E-state index is 8.95. The maximum atomic E-state index is 8.95. The Morgan fingerprint density at radius 2 is 2.20 bits per heavy atom. The molecule has 0 amide bonds. The number of terminal acetylenes is 1. The van der Waals surface area contributed by atoms with E-state index >= 15 is 0 Å². The number of hydrogen-bond acceptors (Lipinski definition) is 3. The molecule has 1 aromatic heterocycles. The van der Waals surface area contributed by atoms with E-state index in [1.165, 1.54) is 0 Å². The third-order valence-electron chi connectivity index (χ3n) is 1.94. The summed E-state index contributed by atoms with van der Waals surface area (Å²) in [4.78, 5) is 4.00. The highest BCUT2D eigenvalue weighted by atomic mass is 16.5. The predicted molar refractivity (Wildman–Crippen MR) is 57.2 cm³/mol. The van der Waals surface area contributed by atoms with Crippen LogP contribution in [0.3, 0.4) is 0 Å². The molecule has 0 atom stereocenters. The smallest absolute Gasteiger partial charge is 0.233 e. The zero-order chi connectivity index (χ0) is 11.5. The van der Waals surface area contributed by atoms with Gasteiger partial charge < -0.3 is 4.74 Å². The average Bonchev–Trinajstić information content (AvgIpc) is 2.18. The Balaban J connectivity index is 3.13. The van der Waals surface area contributed by atoms with E-state index in [0.29, 0.717) is 11.4 Å². The van der Waals surface area contributed by atoms with Crippen LogP contribution in [-0.4, -0.2) is 10.6 Å². The van der Waals surface area contributed by atoms with Crippen LogP contribution >= 0.6 is 0 Å². The zero-order valence-electron chi connectivity index (χ0n) is 9.03. The van der Waals surface area contributed by atoms with Crippen molar-refractivity contribution in [2.75, 3.05) is 0 Å². The molecule has 0 saturated heterocycles. The summed E-state index contributed by atoms with van der Waals surface area (Å²) in [6, 6.07) is 3.81. The van der Waals surface area contributed by atoms with Gasteiger partial charge in [0.1, 0.15) is 11.6 Å². The molecule has 0 saturated carbocycles. The lowest BCUT2D eigenvalue weighted by molar-refractivity contribution is 0.164. The monoisotopic (exact) mass is 200 g/mol. The lowest BCUT2D eigenvalue weighted by Crippen LogP contribution is -2.26. The molecular weight excluding hydrogens is 188 g/mol. The Kier molecular flexibility index (Phi) is 2.97. The number of aromatic nitrogens is 1. The largest absolute Gasteiger partial charge is 0.457 e. The topological polar surface area (TPSA) is 45.9 Å². The first-order chi connectivity index (χ1) is 7.00. The van der Waals surface area contributed by atoms with Crippen LogP contribution in [0.2, 0.25) is 0 Å². The van der Waals surface area contributed by atoms with E-state index in [1.807, 2.05) is 6.92 Å². The summed E-state index contributed by atoms with van der Waals surface area (Å²) in [5.74, 6) is 2.78. The first-order valence-electron chi connectivity index (χ1n) is 4.52. The molecule has 0 N–H and O–H groups in total. The molecule has 0 aliphatic rings. The fraction of sp³-hybridized carbons (Fsp3) is 0.333. The molecular formula is C12H12N2O. The minimum Gasteiger partial charge on any atom is -0.457 e. The van der Waals surface area contributed by atoms with Crippen molar-refractivity contribution in [2.24, 2.45) is 0 Å². The Morgan fingerprint density at radius 1 is 1.53 bits per heavy atom. The number of pyridine rings is 1. The minimum absolute atomic E-state index is 0.292. The van der Waals surface area contributed by atoms with Crippen LogP contribution in [0, 0.1) is 30.6 Å². The van der Waals surface area contributed by atoms with Crippen LogP contribution in [0.1, 0.15) is 25.0 Å². The molecule has 1 rings (SSSR count). The third-order valence-corrected chi connectivity index (χ3v) is 1.94. The summed E-state index contributed by atoms with van der Waals surface area (Å²) in [5, 5.41) is 8.95. The summed E-state index contributed by atoms with van der Waals surface area (Å²) in [6.07, 6.45) is 6.89. The van der Waals surface area contributed by atoms with Gasteiger partial charge in [0.15, 0.2) is 5.60 Å². The van der Waals surface area contributed by atoms with E-state index in [2.05, 4.69) is 17.0 Å². The number of rotatable bonds is 2. The van der Waals surface area contributed by atoms with Crippen molar-refractivity contribution in [1.29, 1.82) is 5.26 Å². The molecule has 0 aliphatic heterocycles. The van der Waals surface area contributed by atoms with Gasteiger partial charge in [0.25, 0.3) is 0 Å². The SMILES string of the molecule is C#CC(C)(C)Oc1nccc(C)c1C#N. The summed E-state index contributed by atoms with van der Waals surface area (Å²) in [5.41, 5.74) is 0.503. The molecule has 76 valence electrons. The normalized spacial score (nSPS) is 10.2. The van der Waals surface area contributed by atoms with E-state index in [9.17, 15) is 0 Å². The average molecular weight is 200 g/mol. The van der Waals surface area contributed by atoms with E-state index in [1.54, 1.807) is 26.1 Å². The highest BCUT2D eigenvalue weighted by molar-refractivity contribution is 5.44. The highest BCUT2D eigenvalue weighted by Crippen LogP contribution is 2.21. The Labute approximate surface area is 89.7 Å². The molecule has 0 spiro atoms. The van der Waals surface area contributed by atoms with E-state index in [0.717, 1.165) is 5.56 Å². The fourth-order valence-corrected chi connectivity index (χ4v) is 1.02. The van der Waals surface area contributed by atoms with Gasteiger partial charge >= 0.3 is 0 Å². The molecule has 1 aromatic rings. The number of hydrogen-bond donors (Lipinski definition) is 0. The van der Waals surface area contributed by atoms with Crippen LogP contribution in [0.25, 0.3) is 0 Å². The first-order valence-corrected chi connectivity index (χ1v) is 4.52. The zero-order valence-corrected chi connectivity index (χ0v) is 9.03. The summed E-state index contributed by atoms with van der Waals surface area (Å²) >= 11 is 0. The van der Waals surface area contributed by atoms with Crippen LogP contribution in [-0.2, 0) is 0 Å². The van der Waals surface area contributed by atoms with Gasteiger partial charge in [0.2, 0.25) is 5.88 Å². The second-order valence-corrected chi connectivity index (χ2v) is 3.68. The Hall–Kier alpha value is -2.00. The second kappa shape index (κ2) is 4.02. The van der Waals surface area contributed by atoms with Crippen LogP contribution < -0.4 is 4.74 Å². The van der Waals surface area contributed by atoms with Crippen LogP contribution in [0.15, 0.2) is 12.3 Å². The second-order valence-electron chi connectivity index (χ2n) is 3.68. The van der Waals surface area contributed by atoms with Crippen molar-refractivity contribution in [2.45, 2.75) is 26.4 Å². The van der Waals surface area contributed by atoms with Crippen LogP contribution in [0.4, 0.5) is 0 Å². The number of aryl methyl sites for hydroxylation is 1. The van der Waals surface area contributed by atoms with E-state index < -0.39 is 5.60 Å². The molecule has 0 radical (unpaired) electrons. The predicted octanol–water partition coefficient (Wildman–Crippen LogP) is 2.05. The first kappa shape index (κ1) is 11.1. The van der Waals surface area contributed by atoms with E-state index in [4.69, 9.17) is 16.4 Å². The molecule has 0 aromatic carbocycles. The quantitative estimate of drug-likeness (QED) is 0.686. The van der Waals surface area contributed by atoms with Crippen molar-refractivity contribution in [1.82, 2.24) is 4.98 Å². The summed E-state index contributed by atoms with van der Waals surface area (Å²) in [6.45, 7) is 5.33. The lowest BCUT2D eigenvalue weighted by Gasteiger charge is -2.20. The van der Waals surface area contributed by atoms with Crippen molar-refractivity contribution in [3.8, 4) is 24.3 Å². The van der Waals surface area contributed by atoms with Crippen LogP contribution in [0.5, 0.6) is 5.88 Å². The summed E-state index contributed by atoms with van der Waals surface area (Å²) in [7, 11) is 0. The fourth-order valence-electron chi connectivity index (χ4n) is 1.02. The standard InChI is InChI=1S/C12H12N2O/c1-5-12(3,4)15-11-10(8-13)9(2)6-7-14-11/h1,6-7H,2-4H3. The maximum Gasteiger partial charge on any atom is 0.233 e. The van der Waals surface area contributed by atoms with Gasteiger partial charge in [0, 0.05) is 6.20 Å². The van der Waals surface area contributed by atoms with Gasteiger partial charge in [-0.05, 0) is 32.4 Å². The lowest BCUT2D eigenvalue weighted by atomic mass is 10.1. The molecule has 0 bridgehead atoms. The molecule has 3 heteroatoms.